The monoisotopic (exact) mass is 267 g/mol. The highest BCUT2D eigenvalue weighted by Gasteiger charge is 2.34. The van der Waals surface area contributed by atoms with Crippen LogP contribution in [0, 0.1) is 0 Å². The van der Waals surface area contributed by atoms with Crippen molar-refractivity contribution < 1.29 is 4.74 Å². The molecule has 0 radical (unpaired) electrons. The molecule has 0 spiro atoms. The predicted molar refractivity (Wildman–Crippen MR) is 81.5 cm³/mol. The summed E-state index contributed by atoms with van der Waals surface area (Å²) in [6.07, 6.45) is 15.3. The third-order valence-electron chi connectivity index (χ3n) is 4.82. The zero-order valence-corrected chi connectivity index (χ0v) is 13.0. The Balaban J connectivity index is 1.94. The highest BCUT2D eigenvalue weighted by molar-refractivity contribution is 4.88. The standard InChI is InChI=1S/C17H33NO/c1-15(2)18-14-17(12-8-3-4-9-13-17)19-16-10-6-5-7-11-16/h15-16,18H,3-14H2,1-2H3. The lowest BCUT2D eigenvalue weighted by molar-refractivity contribution is -0.112. The second kappa shape index (κ2) is 7.64. The summed E-state index contributed by atoms with van der Waals surface area (Å²) in [5.74, 6) is 0. The maximum absolute atomic E-state index is 6.69. The molecule has 0 bridgehead atoms. The van der Waals surface area contributed by atoms with Crippen molar-refractivity contribution in [2.24, 2.45) is 0 Å². The molecule has 19 heavy (non-hydrogen) atoms. The van der Waals surface area contributed by atoms with Crippen molar-refractivity contribution in [3.8, 4) is 0 Å². The number of rotatable bonds is 5. The van der Waals surface area contributed by atoms with Crippen molar-refractivity contribution >= 4 is 0 Å². The average molecular weight is 267 g/mol. The fraction of sp³-hybridized carbons (Fsp3) is 1.00. The van der Waals surface area contributed by atoms with E-state index in [1.165, 1.54) is 70.6 Å². The zero-order valence-electron chi connectivity index (χ0n) is 13.0. The molecule has 0 saturated heterocycles. The van der Waals surface area contributed by atoms with Crippen molar-refractivity contribution in [3.05, 3.63) is 0 Å². The Bertz CT molecular complexity index is 238. The van der Waals surface area contributed by atoms with Gasteiger partial charge in [-0.05, 0) is 25.7 Å². The first-order chi connectivity index (χ1) is 9.20. The number of hydrogen-bond donors (Lipinski definition) is 1. The van der Waals surface area contributed by atoms with Gasteiger partial charge >= 0.3 is 0 Å². The molecule has 2 fully saturated rings. The Kier molecular flexibility index (Phi) is 6.15. The minimum atomic E-state index is 0.142. The van der Waals surface area contributed by atoms with Crippen molar-refractivity contribution in [2.45, 2.75) is 102 Å². The second-order valence-electron chi connectivity index (χ2n) is 7.01. The van der Waals surface area contributed by atoms with Crippen LogP contribution in [0.25, 0.3) is 0 Å². The Labute approximate surface area is 119 Å². The maximum Gasteiger partial charge on any atom is 0.0810 e. The molecule has 112 valence electrons. The van der Waals surface area contributed by atoms with Gasteiger partial charge in [0.25, 0.3) is 0 Å². The van der Waals surface area contributed by atoms with E-state index in [-0.39, 0.29) is 5.60 Å². The van der Waals surface area contributed by atoms with E-state index < -0.39 is 0 Å². The molecule has 2 aliphatic carbocycles. The van der Waals surface area contributed by atoms with Crippen molar-refractivity contribution in [1.29, 1.82) is 0 Å². The van der Waals surface area contributed by atoms with Gasteiger partial charge < -0.3 is 10.1 Å². The first-order valence-electron chi connectivity index (χ1n) is 8.61. The van der Waals surface area contributed by atoms with Gasteiger partial charge in [0, 0.05) is 12.6 Å². The summed E-state index contributed by atoms with van der Waals surface area (Å²) in [5, 5.41) is 3.65. The molecular weight excluding hydrogens is 234 g/mol. The fourth-order valence-electron chi connectivity index (χ4n) is 3.64. The Morgan fingerprint density at radius 3 is 2.11 bits per heavy atom. The molecule has 0 unspecified atom stereocenters. The Hall–Kier alpha value is -0.0800. The summed E-state index contributed by atoms with van der Waals surface area (Å²) in [5.41, 5.74) is 0.142. The molecule has 0 heterocycles. The average Bonchev–Trinajstić information content (AvgIpc) is 2.64. The van der Waals surface area contributed by atoms with E-state index in [1.54, 1.807) is 0 Å². The van der Waals surface area contributed by atoms with E-state index in [1.807, 2.05) is 0 Å². The van der Waals surface area contributed by atoms with Crippen LogP contribution in [0.2, 0.25) is 0 Å². The van der Waals surface area contributed by atoms with E-state index in [0.29, 0.717) is 12.1 Å². The molecule has 0 aliphatic heterocycles. The van der Waals surface area contributed by atoms with Gasteiger partial charge in [-0.25, -0.2) is 0 Å². The minimum absolute atomic E-state index is 0.142. The van der Waals surface area contributed by atoms with Crippen LogP contribution in [0.5, 0.6) is 0 Å². The molecule has 2 aliphatic rings. The number of hydrogen-bond acceptors (Lipinski definition) is 2. The summed E-state index contributed by atoms with van der Waals surface area (Å²) in [7, 11) is 0. The fourth-order valence-corrected chi connectivity index (χ4v) is 3.64. The lowest BCUT2D eigenvalue weighted by Gasteiger charge is -2.39. The van der Waals surface area contributed by atoms with Crippen molar-refractivity contribution in [2.75, 3.05) is 6.54 Å². The smallest absolute Gasteiger partial charge is 0.0810 e. The minimum Gasteiger partial charge on any atom is -0.370 e. The summed E-state index contributed by atoms with van der Waals surface area (Å²) in [4.78, 5) is 0. The molecule has 0 atom stereocenters. The summed E-state index contributed by atoms with van der Waals surface area (Å²) >= 11 is 0. The van der Waals surface area contributed by atoms with Gasteiger partial charge in [0.05, 0.1) is 11.7 Å². The van der Waals surface area contributed by atoms with Gasteiger partial charge in [0.1, 0.15) is 0 Å². The molecule has 0 aromatic rings. The molecule has 2 heteroatoms. The summed E-state index contributed by atoms with van der Waals surface area (Å²) < 4.78 is 6.69. The van der Waals surface area contributed by atoms with E-state index in [9.17, 15) is 0 Å². The van der Waals surface area contributed by atoms with Crippen LogP contribution in [0.1, 0.15) is 84.5 Å². The first-order valence-corrected chi connectivity index (χ1v) is 8.61. The third-order valence-corrected chi connectivity index (χ3v) is 4.82. The van der Waals surface area contributed by atoms with E-state index in [4.69, 9.17) is 4.74 Å². The summed E-state index contributed by atoms with van der Waals surface area (Å²) in [6, 6.07) is 0.565. The zero-order chi connectivity index (χ0) is 13.6. The van der Waals surface area contributed by atoms with E-state index in [0.717, 1.165) is 6.54 Å². The Morgan fingerprint density at radius 1 is 0.947 bits per heavy atom. The van der Waals surface area contributed by atoms with Gasteiger partial charge in [-0.1, -0.05) is 58.8 Å². The van der Waals surface area contributed by atoms with Crippen molar-refractivity contribution in [3.63, 3.8) is 0 Å². The number of nitrogens with one attached hydrogen (secondary N) is 1. The van der Waals surface area contributed by atoms with Crippen LogP contribution in [-0.2, 0) is 4.74 Å². The first kappa shape index (κ1) is 15.3. The van der Waals surface area contributed by atoms with Gasteiger partial charge in [0.15, 0.2) is 0 Å². The maximum atomic E-state index is 6.69. The Morgan fingerprint density at radius 2 is 1.53 bits per heavy atom. The summed E-state index contributed by atoms with van der Waals surface area (Å²) in [6.45, 7) is 5.54. The SMILES string of the molecule is CC(C)NCC1(OC2CCCCC2)CCCCCC1. The highest BCUT2D eigenvalue weighted by Crippen LogP contribution is 2.34. The van der Waals surface area contributed by atoms with Crippen LogP contribution in [0.3, 0.4) is 0 Å². The van der Waals surface area contributed by atoms with Crippen LogP contribution in [0.15, 0.2) is 0 Å². The van der Waals surface area contributed by atoms with Crippen LogP contribution in [0.4, 0.5) is 0 Å². The molecule has 0 aromatic carbocycles. The lowest BCUT2D eigenvalue weighted by atomic mass is 9.91. The normalized spacial score (nSPS) is 25.4. The molecule has 0 amide bonds. The predicted octanol–water partition coefficient (Wildman–Crippen LogP) is 4.43. The van der Waals surface area contributed by atoms with E-state index >= 15 is 0 Å². The van der Waals surface area contributed by atoms with Gasteiger partial charge in [-0.15, -0.1) is 0 Å². The lowest BCUT2D eigenvalue weighted by Crippen LogP contribution is -2.47. The topological polar surface area (TPSA) is 21.3 Å². The van der Waals surface area contributed by atoms with Crippen LogP contribution in [-0.4, -0.2) is 24.3 Å². The molecule has 2 nitrogen and oxygen atoms in total. The van der Waals surface area contributed by atoms with Gasteiger partial charge in [0.2, 0.25) is 0 Å². The van der Waals surface area contributed by atoms with Crippen LogP contribution < -0.4 is 5.32 Å². The largest absolute Gasteiger partial charge is 0.370 e. The van der Waals surface area contributed by atoms with Gasteiger partial charge in [-0.3, -0.25) is 0 Å². The third kappa shape index (κ3) is 5.07. The molecule has 2 saturated carbocycles. The molecule has 2 rings (SSSR count). The second-order valence-corrected chi connectivity index (χ2v) is 7.01. The number of ether oxygens (including phenoxy) is 1. The van der Waals surface area contributed by atoms with Gasteiger partial charge in [-0.2, -0.15) is 0 Å². The van der Waals surface area contributed by atoms with Crippen LogP contribution >= 0.6 is 0 Å². The quantitative estimate of drug-likeness (QED) is 0.744. The van der Waals surface area contributed by atoms with Crippen molar-refractivity contribution in [1.82, 2.24) is 5.32 Å². The molecule has 0 aromatic heterocycles. The molecular formula is C17H33NO. The highest BCUT2D eigenvalue weighted by atomic mass is 16.5. The molecule has 1 N–H and O–H groups in total. The van der Waals surface area contributed by atoms with E-state index in [2.05, 4.69) is 19.2 Å².